The summed E-state index contributed by atoms with van der Waals surface area (Å²) in [6.07, 6.45) is 48.1. The number of esters is 1. The molecule has 0 fully saturated rings. The standard InChI is InChI=1S/C37H73NO3.C14H30O.CH2O2/c1-5-7-20-27-35(28-21-8-6-2)29-22-16-12-9-10-13-17-23-30-36(41-37(40)32-26-33-38(3)4)31-24-18-14-11-15-19-25-34-39;1-4-6-8-10-14(12-13-15-3)11-9-7-5-2;2-1-3/h34-36H,5-33H2,1-4H3;14H,4-13H2,1-3H3;1H,(H,2,3). The zero-order valence-electron chi connectivity index (χ0n) is 40.9. The quantitative estimate of drug-likeness (QED) is 0.0371. The van der Waals surface area contributed by atoms with Crippen LogP contribution in [0.15, 0.2) is 0 Å². The molecule has 0 aliphatic rings. The third-order valence-electron chi connectivity index (χ3n) is 11.9. The van der Waals surface area contributed by atoms with Crippen molar-refractivity contribution >= 4 is 18.7 Å². The summed E-state index contributed by atoms with van der Waals surface area (Å²) in [5.41, 5.74) is 0. The molecule has 0 aromatic carbocycles. The normalized spacial score (nSPS) is 11.6. The second-order valence-corrected chi connectivity index (χ2v) is 17.9. The highest BCUT2D eigenvalue weighted by Crippen LogP contribution is 2.25. The Balaban J connectivity index is -0.00000144. The number of aldehydes is 1. The number of carbonyl (C=O) groups is 3. The van der Waals surface area contributed by atoms with Gasteiger partial charge in [-0.1, -0.05) is 207 Å². The van der Waals surface area contributed by atoms with Crippen molar-refractivity contribution in [1.29, 1.82) is 0 Å². The van der Waals surface area contributed by atoms with Crippen LogP contribution in [0.3, 0.4) is 0 Å². The molecule has 0 aliphatic carbocycles. The minimum Gasteiger partial charge on any atom is -0.483 e. The SMILES string of the molecule is CCCCCC(CCCCC)CCCCCCCCCCC(CCCCCCCCC=O)OC(=O)CCCN(C)C.CCCCCC(CCCCC)CCOC.O=CO. The Morgan fingerprint density at radius 3 is 1.20 bits per heavy atom. The van der Waals surface area contributed by atoms with Crippen LogP contribution < -0.4 is 0 Å². The zero-order valence-corrected chi connectivity index (χ0v) is 40.9. The number of unbranched alkanes of at least 4 members (excludes halogenated alkanes) is 21. The third-order valence-corrected chi connectivity index (χ3v) is 11.9. The molecule has 59 heavy (non-hydrogen) atoms. The Kier molecular flexibility index (Phi) is 57.2. The first-order valence-electron chi connectivity index (χ1n) is 25.6. The molecule has 0 radical (unpaired) electrons. The van der Waals surface area contributed by atoms with Gasteiger partial charge in [0, 0.05) is 26.6 Å². The van der Waals surface area contributed by atoms with Gasteiger partial charge in [0.25, 0.3) is 6.47 Å². The number of methoxy groups -OCH3 is 1. The molecule has 7 nitrogen and oxygen atoms in total. The van der Waals surface area contributed by atoms with Crippen LogP contribution in [-0.2, 0) is 23.9 Å². The lowest BCUT2D eigenvalue weighted by Crippen LogP contribution is -2.20. The predicted octanol–water partition coefficient (Wildman–Crippen LogP) is 15.7. The first-order chi connectivity index (χ1) is 28.8. The first kappa shape index (κ1) is 61.8. The highest BCUT2D eigenvalue weighted by atomic mass is 16.5. The van der Waals surface area contributed by atoms with E-state index in [4.69, 9.17) is 19.4 Å². The van der Waals surface area contributed by atoms with E-state index in [1.807, 2.05) is 21.2 Å². The smallest absolute Gasteiger partial charge is 0.306 e. The molecule has 0 spiro atoms. The summed E-state index contributed by atoms with van der Waals surface area (Å²) in [4.78, 5) is 33.4. The predicted molar refractivity (Wildman–Crippen MR) is 256 cm³/mol. The zero-order chi connectivity index (χ0) is 44.3. The number of carboxylic acid groups (broad SMARTS) is 1. The van der Waals surface area contributed by atoms with Crippen molar-refractivity contribution < 1.29 is 29.0 Å². The molecule has 7 heteroatoms. The van der Waals surface area contributed by atoms with Crippen LogP contribution in [-0.4, -0.2) is 69.2 Å². The molecule has 0 aliphatic heterocycles. The molecule has 0 aromatic rings. The lowest BCUT2D eigenvalue weighted by atomic mass is 9.90. The lowest BCUT2D eigenvalue weighted by molar-refractivity contribution is -0.150. The van der Waals surface area contributed by atoms with Crippen LogP contribution in [0.5, 0.6) is 0 Å². The Bertz CT molecular complexity index is 788. The molecule has 354 valence electrons. The Morgan fingerprint density at radius 1 is 0.508 bits per heavy atom. The van der Waals surface area contributed by atoms with E-state index in [0.717, 1.165) is 69.8 Å². The van der Waals surface area contributed by atoms with Gasteiger partial charge in [-0.05, 0) is 77.4 Å². The minimum atomic E-state index is -0.250. The molecule has 0 saturated heterocycles. The number of carbonyl (C=O) groups excluding carboxylic acids is 2. The molecule has 0 rings (SSSR count). The van der Waals surface area contributed by atoms with Crippen molar-refractivity contribution in [1.82, 2.24) is 4.90 Å². The molecule has 1 unspecified atom stereocenters. The van der Waals surface area contributed by atoms with Gasteiger partial charge in [0.05, 0.1) is 0 Å². The van der Waals surface area contributed by atoms with E-state index in [0.29, 0.717) is 12.8 Å². The fourth-order valence-electron chi connectivity index (χ4n) is 8.10. The largest absolute Gasteiger partial charge is 0.483 e. The summed E-state index contributed by atoms with van der Waals surface area (Å²) >= 11 is 0. The van der Waals surface area contributed by atoms with Gasteiger partial charge in [-0.25, -0.2) is 0 Å². The maximum Gasteiger partial charge on any atom is 0.306 e. The highest BCUT2D eigenvalue weighted by molar-refractivity contribution is 5.69. The van der Waals surface area contributed by atoms with E-state index in [1.165, 1.54) is 186 Å². The van der Waals surface area contributed by atoms with Crippen molar-refractivity contribution in [3.8, 4) is 0 Å². The summed E-state index contributed by atoms with van der Waals surface area (Å²) in [5.74, 6) is 1.89. The summed E-state index contributed by atoms with van der Waals surface area (Å²) in [5, 5.41) is 6.89. The van der Waals surface area contributed by atoms with Crippen LogP contribution in [0.2, 0.25) is 0 Å². The Labute approximate surface area is 369 Å². The van der Waals surface area contributed by atoms with Crippen LogP contribution in [0, 0.1) is 11.8 Å². The second-order valence-electron chi connectivity index (χ2n) is 17.9. The van der Waals surface area contributed by atoms with Crippen LogP contribution in [0.1, 0.15) is 265 Å². The van der Waals surface area contributed by atoms with Crippen LogP contribution in [0.25, 0.3) is 0 Å². The van der Waals surface area contributed by atoms with Crippen molar-refractivity contribution in [2.45, 2.75) is 271 Å². The molecular formula is C52H105NO6. The molecule has 0 saturated carbocycles. The van der Waals surface area contributed by atoms with Gasteiger partial charge in [0.1, 0.15) is 12.4 Å². The van der Waals surface area contributed by atoms with Gasteiger partial charge < -0.3 is 24.3 Å². The monoisotopic (exact) mass is 840 g/mol. The van der Waals surface area contributed by atoms with Crippen molar-refractivity contribution in [2.24, 2.45) is 11.8 Å². The average molecular weight is 840 g/mol. The fraction of sp³-hybridized carbons (Fsp3) is 0.942. The fourth-order valence-corrected chi connectivity index (χ4v) is 8.10. The maximum absolute atomic E-state index is 12.4. The van der Waals surface area contributed by atoms with Gasteiger partial charge in [-0.3, -0.25) is 9.59 Å². The van der Waals surface area contributed by atoms with E-state index in [-0.39, 0.29) is 18.5 Å². The topological polar surface area (TPSA) is 93.1 Å². The molecule has 0 bridgehead atoms. The molecule has 1 N–H and O–H groups in total. The number of hydrogen-bond acceptors (Lipinski definition) is 6. The Morgan fingerprint density at radius 2 is 0.847 bits per heavy atom. The highest BCUT2D eigenvalue weighted by Gasteiger charge is 2.15. The second kappa shape index (κ2) is 54.5. The van der Waals surface area contributed by atoms with Crippen LogP contribution >= 0.6 is 0 Å². The van der Waals surface area contributed by atoms with E-state index >= 15 is 0 Å². The first-order valence-corrected chi connectivity index (χ1v) is 25.6. The van der Waals surface area contributed by atoms with E-state index in [1.54, 1.807) is 0 Å². The van der Waals surface area contributed by atoms with Crippen molar-refractivity contribution in [3.63, 3.8) is 0 Å². The molecule has 1 atom stereocenters. The summed E-state index contributed by atoms with van der Waals surface area (Å²) in [6, 6.07) is 0. The minimum absolute atomic E-state index is 0.0105. The maximum atomic E-state index is 12.4. The van der Waals surface area contributed by atoms with E-state index in [2.05, 4.69) is 32.6 Å². The van der Waals surface area contributed by atoms with E-state index in [9.17, 15) is 9.59 Å². The Hall–Kier alpha value is -1.47. The van der Waals surface area contributed by atoms with Gasteiger partial charge >= 0.3 is 5.97 Å². The third kappa shape index (κ3) is 54.5. The molecule has 0 amide bonds. The molecule has 0 heterocycles. The summed E-state index contributed by atoms with van der Waals surface area (Å²) < 4.78 is 11.1. The van der Waals surface area contributed by atoms with Crippen molar-refractivity contribution in [3.05, 3.63) is 0 Å². The van der Waals surface area contributed by atoms with Gasteiger partial charge in [-0.2, -0.15) is 0 Å². The van der Waals surface area contributed by atoms with Gasteiger partial charge in [0.15, 0.2) is 0 Å². The van der Waals surface area contributed by atoms with Gasteiger partial charge in [0.2, 0.25) is 0 Å². The van der Waals surface area contributed by atoms with Gasteiger partial charge in [-0.15, -0.1) is 0 Å². The summed E-state index contributed by atoms with van der Waals surface area (Å²) in [6.45, 7) is 10.8. The van der Waals surface area contributed by atoms with E-state index < -0.39 is 0 Å². The number of ether oxygens (including phenoxy) is 2. The number of rotatable bonds is 44. The summed E-state index contributed by atoms with van der Waals surface area (Å²) in [7, 11) is 5.91. The molecular weight excluding hydrogens is 735 g/mol. The number of hydrogen-bond donors (Lipinski definition) is 1. The number of nitrogens with zero attached hydrogens (tertiary/aromatic N) is 1. The lowest BCUT2D eigenvalue weighted by Gasteiger charge is -2.18. The molecule has 0 aromatic heterocycles. The average Bonchev–Trinajstić information content (AvgIpc) is 3.21. The van der Waals surface area contributed by atoms with Crippen molar-refractivity contribution in [2.75, 3.05) is 34.4 Å². The van der Waals surface area contributed by atoms with Crippen LogP contribution in [0.4, 0.5) is 0 Å².